The summed E-state index contributed by atoms with van der Waals surface area (Å²) in [6, 6.07) is 9.47. The molecule has 0 fully saturated rings. The third-order valence-corrected chi connectivity index (χ3v) is 3.60. The minimum absolute atomic E-state index is 0.107. The lowest BCUT2D eigenvalue weighted by Crippen LogP contribution is -2.15. The van der Waals surface area contributed by atoms with Crippen LogP contribution in [0.15, 0.2) is 36.4 Å². The zero-order valence-electron chi connectivity index (χ0n) is 13.8. The van der Waals surface area contributed by atoms with Gasteiger partial charge in [0.15, 0.2) is 11.5 Å². The Bertz CT molecular complexity index is 770. The fraction of sp³-hybridized carbons (Fsp3) is 0.222. The van der Waals surface area contributed by atoms with Crippen LogP contribution in [-0.4, -0.2) is 31.2 Å². The van der Waals surface area contributed by atoms with Crippen LogP contribution >= 0.6 is 0 Å². The molecule has 2 aromatic carbocycles. The van der Waals surface area contributed by atoms with E-state index in [1.165, 1.54) is 26.4 Å². The van der Waals surface area contributed by atoms with Gasteiger partial charge in [0.05, 0.1) is 19.8 Å². The zero-order valence-corrected chi connectivity index (χ0v) is 13.8. The van der Waals surface area contributed by atoms with Crippen molar-refractivity contribution < 1.29 is 24.2 Å². The summed E-state index contributed by atoms with van der Waals surface area (Å²) >= 11 is 0. The van der Waals surface area contributed by atoms with E-state index in [4.69, 9.17) is 14.6 Å². The fourth-order valence-electron chi connectivity index (χ4n) is 2.35. The van der Waals surface area contributed by atoms with Gasteiger partial charge in [-0.25, -0.2) is 4.79 Å². The molecule has 0 unspecified atom stereocenters. The summed E-state index contributed by atoms with van der Waals surface area (Å²) < 4.78 is 10.5. The van der Waals surface area contributed by atoms with Crippen molar-refractivity contribution in [3.8, 4) is 11.5 Å². The molecule has 6 heteroatoms. The van der Waals surface area contributed by atoms with Crippen LogP contribution in [0.4, 0.5) is 5.69 Å². The molecule has 0 bridgehead atoms. The fourth-order valence-corrected chi connectivity index (χ4v) is 2.35. The average Bonchev–Trinajstić information content (AvgIpc) is 2.60. The molecule has 6 nitrogen and oxygen atoms in total. The molecule has 2 N–H and O–H groups in total. The second kappa shape index (κ2) is 7.50. The minimum atomic E-state index is -1.05. The van der Waals surface area contributed by atoms with Gasteiger partial charge in [-0.05, 0) is 42.3 Å². The molecule has 2 aromatic rings. The maximum atomic E-state index is 12.6. The van der Waals surface area contributed by atoms with E-state index in [0.717, 1.165) is 5.56 Å². The normalized spacial score (nSPS) is 10.1. The quantitative estimate of drug-likeness (QED) is 0.850. The summed E-state index contributed by atoms with van der Waals surface area (Å²) in [7, 11) is 3.04. The molecule has 1 amide bonds. The first-order valence-electron chi connectivity index (χ1n) is 7.39. The van der Waals surface area contributed by atoms with Gasteiger partial charge in [0, 0.05) is 11.3 Å². The molecule has 0 aliphatic heterocycles. The van der Waals surface area contributed by atoms with Gasteiger partial charge in [-0.2, -0.15) is 0 Å². The molecule has 0 aromatic heterocycles. The molecule has 0 atom stereocenters. The number of aromatic carboxylic acids is 1. The van der Waals surface area contributed by atoms with E-state index in [9.17, 15) is 9.59 Å². The van der Waals surface area contributed by atoms with Crippen molar-refractivity contribution in [1.29, 1.82) is 0 Å². The Kier molecular flexibility index (Phi) is 5.42. The van der Waals surface area contributed by atoms with E-state index in [-0.39, 0.29) is 11.5 Å². The molecular weight excluding hydrogens is 310 g/mol. The predicted molar refractivity (Wildman–Crippen MR) is 90.3 cm³/mol. The molecule has 0 aliphatic rings. The lowest BCUT2D eigenvalue weighted by atomic mass is 10.0. The highest BCUT2D eigenvalue weighted by atomic mass is 16.5. The first kappa shape index (κ1) is 17.3. The number of aryl methyl sites for hydroxylation is 1. The average molecular weight is 329 g/mol. The largest absolute Gasteiger partial charge is 0.493 e. The van der Waals surface area contributed by atoms with Gasteiger partial charge in [0.1, 0.15) is 0 Å². The number of rotatable bonds is 6. The minimum Gasteiger partial charge on any atom is -0.493 e. The summed E-state index contributed by atoms with van der Waals surface area (Å²) in [6.07, 6.45) is 0.637. The van der Waals surface area contributed by atoms with Gasteiger partial charge < -0.3 is 19.9 Å². The molecule has 0 saturated heterocycles. The summed E-state index contributed by atoms with van der Waals surface area (Å²) in [5.74, 6) is -0.375. The van der Waals surface area contributed by atoms with Crippen LogP contribution in [0.3, 0.4) is 0 Å². The highest BCUT2D eigenvalue weighted by Gasteiger charge is 2.16. The summed E-state index contributed by atoms with van der Waals surface area (Å²) in [5, 5.41) is 11.7. The SMILES string of the molecule is CCc1cc(OC)c(OC)cc1C(=O)Nc1cccc(C(=O)O)c1. The topological polar surface area (TPSA) is 84.9 Å². The van der Waals surface area contributed by atoms with Crippen LogP contribution in [0.25, 0.3) is 0 Å². The van der Waals surface area contributed by atoms with Crippen LogP contribution in [0.5, 0.6) is 11.5 Å². The molecule has 0 saturated carbocycles. The number of amides is 1. The van der Waals surface area contributed by atoms with Gasteiger partial charge in [-0.1, -0.05) is 13.0 Å². The molecule has 0 spiro atoms. The van der Waals surface area contributed by atoms with Crippen LogP contribution in [-0.2, 0) is 6.42 Å². The van der Waals surface area contributed by atoms with Crippen molar-refractivity contribution in [3.05, 3.63) is 53.1 Å². The van der Waals surface area contributed by atoms with E-state index in [1.807, 2.05) is 6.92 Å². The van der Waals surface area contributed by atoms with Gasteiger partial charge in [-0.15, -0.1) is 0 Å². The van der Waals surface area contributed by atoms with Crippen molar-refractivity contribution in [2.24, 2.45) is 0 Å². The first-order chi connectivity index (χ1) is 11.5. The lowest BCUT2D eigenvalue weighted by molar-refractivity contribution is 0.0696. The number of carbonyl (C=O) groups excluding carboxylic acids is 1. The highest BCUT2D eigenvalue weighted by Crippen LogP contribution is 2.31. The standard InChI is InChI=1S/C18H19NO5/c1-4-11-9-15(23-2)16(24-3)10-14(11)17(20)19-13-7-5-6-12(8-13)18(21)22/h5-10H,4H2,1-3H3,(H,19,20)(H,21,22). The lowest BCUT2D eigenvalue weighted by Gasteiger charge is -2.14. The van der Waals surface area contributed by atoms with Crippen LogP contribution in [0.2, 0.25) is 0 Å². The number of anilines is 1. The number of hydrogen-bond donors (Lipinski definition) is 2. The van der Waals surface area contributed by atoms with E-state index in [1.54, 1.807) is 24.3 Å². The molecule has 0 heterocycles. The molecule has 24 heavy (non-hydrogen) atoms. The van der Waals surface area contributed by atoms with E-state index >= 15 is 0 Å². The van der Waals surface area contributed by atoms with E-state index < -0.39 is 5.97 Å². The molecular formula is C18H19NO5. The third kappa shape index (κ3) is 3.65. The van der Waals surface area contributed by atoms with Gasteiger partial charge in [0.25, 0.3) is 5.91 Å². The second-order valence-corrected chi connectivity index (χ2v) is 5.06. The van der Waals surface area contributed by atoms with Crippen LogP contribution in [0, 0.1) is 0 Å². The summed E-state index contributed by atoms with van der Waals surface area (Å²) in [5.41, 5.74) is 1.78. The van der Waals surface area contributed by atoms with Crippen molar-refractivity contribution in [2.45, 2.75) is 13.3 Å². The van der Waals surface area contributed by atoms with Crippen molar-refractivity contribution in [3.63, 3.8) is 0 Å². The number of carbonyl (C=O) groups is 2. The van der Waals surface area contributed by atoms with Crippen molar-refractivity contribution >= 4 is 17.6 Å². The Labute approximate surface area is 140 Å². The first-order valence-corrected chi connectivity index (χ1v) is 7.39. The van der Waals surface area contributed by atoms with Crippen LogP contribution < -0.4 is 14.8 Å². The Morgan fingerprint density at radius 2 is 1.75 bits per heavy atom. The number of ether oxygens (including phenoxy) is 2. The van der Waals surface area contributed by atoms with Gasteiger partial charge >= 0.3 is 5.97 Å². The molecule has 0 radical (unpaired) electrons. The third-order valence-electron chi connectivity index (χ3n) is 3.60. The monoisotopic (exact) mass is 329 g/mol. The Hall–Kier alpha value is -3.02. The van der Waals surface area contributed by atoms with Gasteiger partial charge in [0.2, 0.25) is 0 Å². The smallest absolute Gasteiger partial charge is 0.335 e. The number of hydrogen-bond acceptors (Lipinski definition) is 4. The summed E-state index contributed by atoms with van der Waals surface area (Å²) in [6.45, 7) is 1.93. The Balaban J connectivity index is 2.35. The zero-order chi connectivity index (χ0) is 17.7. The molecule has 2 rings (SSSR count). The van der Waals surface area contributed by atoms with Crippen molar-refractivity contribution in [1.82, 2.24) is 0 Å². The highest BCUT2D eigenvalue weighted by molar-refractivity contribution is 6.06. The predicted octanol–water partition coefficient (Wildman–Crippen LogP) is 3.22. The molecule has 126 valence electrons. The van der Waals surface area contributed by atoms with Crippen molar-refractivity contribution in [2.75, 3.05) is 19.5 Å². The maximum absolute atomic E-state index is 12.6. The number of carboxylic acids is 1. The number of nitrogens with one attached hydrogen (secondary N) is 1. The second-order valence-electron chi connectivity index (χ2n) is 5.06. The van der Waals surface area contributed by atoms with Gasteiger partial charge in [-0.3, -0.25) is 4.79 Å². The maximum Gasteiger partial charge on any atom is 0.335 e. The summed E-state index contributed by atoms with van der Waals surface area (Å²) in [4.78, 5) is 23.6. The Morgan fingerprint density at radius 3 is 2.33 bits per heavy atom. The number of benzene rings is 2. The number of methoxy groups -OCH3 is 2. The van der Waals surface area contributed by atoms with E-state index in [2.05, 4.69) is 5.32 Å². The number of carboxylic acid groups (broad SMARTS) is 1. The van der Waals surface area contributed by atoms with E-state index in [0.29, 0.717) is 29.2 Å². The Morgan fingerprint density at radius 1 is 1.08 bits per heavy atom. The molecule has 0 aliphatic carbocycles. The van der Waals surface area contributed by atoms with Crippen LogP contribution in [0.1, 0.15) is 33.2 Å².